The zero-order valence-electron chi connectivity index (χ0n) is 12.0. The van der Waals surface area contributed by atoms with Crippen molar-refractivity contribution in [3.63, 3.8) is 0 Å². The molecule has 3 nitrogen and oxygen atoms in total. The standard InChI is InChI=1S/C15H29NO2/c1-3-5-7-14(15(17)18)16-13-10-8-12(6-4-2)9-11-13/h12-14,16H,3-11H2,1-2H3,(H,17,18)/t12?,13?,14-/m0/s1. The number of nitrogens with one attached hydrogen (secondary N) is 1. The van der Waals surface area contributed by atoms with Gasteiger partial charge in [-0.2, -0.15) is 0 Å². The Morgan fingerprint density at radius 3 is 2.39 bits per heavy atom. The van der Waals surface area contributed by atoms with Crippen molar-refractivity contribution >= 4 is 5.97 Å². The van der Waals surface area contributed by atoms with Gasteiger partial charge in [-0.25, -0.2) is 0 Å². The molecule has 1 rings (SSSR count). The first kappa shape index (κ1) is 15.5. The van der Waals surface area contributed by atoms with E-state index in [4.69, 9.17) is 0 Å². The molecule has 0 amide bonds. The lowest BCUT2D eigenvalue weighted by Gasteiger charge is -2.31. The summed E-state index contributed by atoms with van der Waals surface area (Å²) in [7, 11) is 0. The lowest BCUT2D eigenvalue weighted by Crippen LogP contribution is -2.44. The van der Waals surface area contributed by atoms with E-state index in [1.807, 2.05) is 0 Å². The summed E-state index contributed by atoms with van der Waals surface area (Å²) in [5.41, 5.74) is 0. The molecule has 0 unspecified atom stereocenters. The predicted molar refractivity (Wildman–Crippen MR) is 74.7 cm³/mol. The molecule has 0 aromatic heterocycles. The molecular formula is C15H29NO2. The Morgan fingerprint density at radius 2 is 1.89 bits per heavy atom. The zero-order valence-corrected chi connectivity index (χ0v) is 12.0. The zero-order chi connectivity index (χ0) is 13.4. The molecule has 0 aliphatic heterocycles. The number of hydrogen-bond acceptors (Lipinski definition) is 2. The summed E-state index contributed by atoms with van der Waals surface area (Å²) in [5, 5.41) is 12.6. The molecular weight excluding hydrogens is 226 g/mol. The van der Waals surface area contributed by atoms with E-state index < -0.39 is 5.97 Å². The number of unbranched alkanes of at least 4 members (excludes halogenated alkanes) is 1. The average Bonchev–Trinajstić information content (AvgIpc) is 2.36. The average molecular weight is 255 g/mol. The molecule has 0 heterocycles. The van der Waals surface area contributed by atoms with Crippen molar-refractivity contribution in [1.82, 2.24) is 5.32 Å². The second kappa shape index (κ2) is 8.52. The Bertz CT molecular complexity index is 235. The Balaban J connectivity index is 2.30. The van der Waals surface area contributed by atoms with Crippen molar-refractivity contribution in [3.8, 4) is 0 Å². The van der Waals surface area contributed by atoms with Crippen LogP contribution in [0.15, 0.2) is 0 Å². The van der Waals surface area contributed by atoms with Crippen molar-refractivity contribution in [2.24, 2.45) is 5.92 Å². The van der Waals surface area contributed by atoms with Crippen LogP contribution in [0.25, 0.3) is 0 Å². The van der Waals surface area contributed by atoms with Gasteiger partial charge in [0, 0.05) is 6.04 Å². The fourth-order valence-corrected chi connectivity index (χ4v) is 3.00. The van der Waals surface area contributed by atoms with E-state index in [9.17, 15) is 9.90 Å². The van der Waals surface area contributed by atoms with Gasteiger partial charge >= 0.3 is 5.97 Å². The summed E-state index contributed by atoms with van der Waals surface area (Å²) in [6.07, 6.45) is 10.3. The first-order valence-corrected chi connectivity index (χ1v) is 7.66. The lowest BCUT2D eigenvalue weighted by atomic mass is 9.83. The van der Waals surface area contributed by atoms with E-state index >= 15 is 0 Å². The molecule has 1 fully saturated rings. The molecule has 1 aliphatic rings. The van der Waals surface area contributed by atoms with Crippen molar-refractivity contribution in [2.75, 3.05) is 0 Å². The Kier molecular flexibility index (Phi) is 7.33. The topological polar surface area (TPSA) is 49.3 Å². The number of carboxylic acids is 1. The third-order valence-corrected chi connectivity index (χ3v) is 4.13. The molecule has 1 saturated carbocycles. The largest absolute Gasteiger partial charge is 0.480 e. The summed E-state index contributed by atoms with van der Waals surface area (Å²) in [4.78, 5) is 11.2. The molecule has 2 N–H and O–H groups in total. The third-order valence-electron chi connectivity index (χ3n) is 4.13. The van der Waals surface area contributed by atoms with Crippen molar-refractivity contribution in [2.45, 2.75) is 83.7 Å². The molecule has 1 aliphatic carbocycles. The Hall–Kier alpha value is -0.570. The molecule has 106 valence electrons. The van der Waals surface area contributed by atoms with E-state index in [1.54, 1.807) is 0 Å². The minimum Gasteiger partial charge on any atom is -0.480 e. The van der Waals surface area contributed by atoms with Gasteiger partial charge in [0.25, 0.3) is 0 Å². The third kappa shape index (κ3) is 5.38. The van der Waals surface area contributed by atoms with Gasteiger partial charge in [0.05, 0.1) is 0 Å². The first-order valence-electron chi connectivity index (χ1n) is 7.66. The molecule has 18 heavy (non-hydrogen) atoms. The van der Waals surface area contributed by atoms with Crippen LogP contribution in [0.2, 0.25) is 0 Å². The molecule has 0 aromatic carbocycles. The summed E-state index contributed by atoms with van der Waals surface area (Å²) in [6.45, 7) is 4.35. The fourth-order valence-electron chi connectivity index (χ4n) is 3.00. The van der Waals surface area contributed by atoms with Crippen LogP contribution in [0.5, 0.6) is 0 Å². The predicted octanol–water partition coefficient (Wildman–Crippen LogP) is 3.58. The van der Waals surface area contributed by atoms with Crippen molar-refractivity contribution in [1.29, 1.82) is 0 Å². The first-order chi connectivity index (χ1) is 8.67. The van der Waals surface area contributed by atoms with Crippen LogP contribution in [0.3, 0.4) is 0 Å². The molecule has 0 radical (unpaired) electrons. The maximum absolute atomic E-state index is 11.2. The van der Waals surface area contributed by atoms with Crippen LogP contribution in [0.1, 0.15) is 71.6 Å². The molecule has 0 aromatic rings. The normalized spacial score (nSPS) is 25.9. The summed E-state index contributed by atoms with van der Waals surface area (Å²) in [6, 6.07) is 0.0914. The molecule has 0 saturated heterocycles. The number of rotatable bonds is 8. The van der Waals surface area contributed by atoms with Gasteiger partial charge < -0.3 is 10.4 Å². The SMILES string of the molecule is CCCC[C@H](NC1CCC(CCC)CC1)C(=O)O. The van der Waals surface area contributed by atoms with E-state index in [2.05, 4.69) is 19.2 Å². The molecule has 0 spiro atoms. The van der Waals surface area contributed by atoms with Crippen molar-refractivity contribution < 1.29 is 9.90 Å². The summed E-state index contributed by atoms with van der Waals surface area (Å²) in [5.74, 6) is 0.200. The molecule has 3 heteroatoms. The van der Waals surface area contributed by atoms with E-state index in [-0.39, 0.29) is 6.04 Å². The summed E-state index contributed by atoms with van der Waals surface area (Å²) < 4.78 is 0. The maximum atomic E-state index is 11.2. The van der Waals surface area contributed by atoms with Gasteiger partial charge in [-0.1, -0.05) is 39.5 Å². The highest BCUT2D eigenvalue weighted by atomic mass is 16.4. The van der Waals surface area contributed by atoms with Gasteiger partial charge in [-0.3, -0.25) is 4.79 Å². The van der Waals surface area contributed by atoms with Crippen LogP contribution in [-0.2, 0) is 4.79 Å². The number of carbonyl (C=O) groups is 1. The van der Waals surface area contributed by atoms with Crippen LogP contribution in [0, 0.1) is 5.92 Å². The van der Waals surface area contributed by atoms with Gasteiger partial charge in [0.15, 0.2) is 0 Å². The van der Waals surface area contributed by atoms with Gasteiger partial charge in [-0.15, -0.1) is 0 Å². The highest BCUT2D eigenvalue weighted by Crippen LogP contribution is 2.28. The fraction of sp³-hybridized carbons (Fsp3) is 0.933. The monoisotopic (exact) mass is 255 g/mol. The quantitative estimate of drug-likeness (QED) is 0.697. The second-order valence-electron chi connectivity index (χ2n) is 5.71. The second-order valence-corrected chi connectivity index (χ2v) is 5.71. The lowest BCUT2D eigenvalue weighted by molar-refractivity contribution is -0.140. The Labute approximate surface area is 111 Å². The minimum absolute atomic E-state index is 0.335. The molecule has 0 bridgehead atoms. The van der Waals surface area contributed by atoms with Crippen LogP contribution in [0.4, 0.5) is 0 Å². The van der Waals surface area contributed by atoms with E-state index in [1.165, 1.54) is 25.7 Å². The van der Waals surface area contributed by atoms with E-state index in [0.717, 1.165) is 38.0 Å². The minimum atomic E-state index is -0.681. The summed E-state index contributed by atoms with van der Waals surface area (Å²) >= 11 is 0. The molecule has 1 atom stereocenters. The number of aliphatic carboxylic acids is 1. The van der Waals surface area contributed by atoms with Crippen LogP contribution >= 0.6 is 0 Å². The van der Waals surface area contributed by atoms with Crippen molar-refractivity contribution in [3.05, 3.63) is 0 Å². The van der Waals surface area contributed by atoms with E-state index in [0.29, 0.717) is 6.04 Å². The van der Waals surface area contributed by atoms with Crippen LogP contribution < -0.4 is 5.32 Å². The number of hydrogen-bond donors (Lipinski definition) is 2. The highest BCUT2D eigenvalue weighted by Gasteiger charge is 2.25. The van der Waals surface area contributed by atoms with Gasteiger partial charge in [0.2, 0.25) is 0 Å². The van der Waals surface area contributed by atoms with Gasteiger partial charge in [0.1, 0.15) is 6.04 Å². The highest BCUT2D eigenvalue weighted by molar-refractivity contribution is 5.73. The number of carboxylic acid groups (broad SMARTS) is 1. The van der Waals surface area contributed by atoms with Crippen LogP contribution in [-0.4, -0.2) is 23.2 Å². The smallest absolute Gasteiger partial charge is 0.320 e. The Morgan fingerprint density at radius 1 is 1.22 bits per heavy atom. The maximum Gasteiger partial charge on any atom is 0.320 e. The van der Waals surface area contributed by atoms with Gasteiger partial charge in [-0.05, 0) is 38.0 Å².